The molecular formula is C21H20F2N2O3. The summed E-state index contributed by atoms with van der Waals surface area (Å²) in [4.78, 5) is 26.7. The number of fused-ring (bicyclic) bond motifs is 1. The molecule has 2 aromatic rings. The molecular weight excluding hydrogens is 366 g/mol. The van der Waals surface area contributed by atoms with Crippen molar-refractivity contribution >= 4 is 11.9 Å². The van der Waals surface area contributed by atoms with E-state index >= 15 is 0 Å². The lowest BCUT2D eigenvalue weighted by Gasteiger charge is -2.23. The second kappa shape index (κ2) is 6.89. The zero-order valence-electron chi connectivity index (χ0n) is 15.4. The maximum atomic E-state index is 13.1. The summed E-state index contributed by atoms with van der Waals surface area (Å²) in [6.07, 6.45) is 3.13. The highest BCUT2D eigenvalue weighted by atomic mass is 19.3. The predicted molar refractivity (Wildman–Crippen MR) is 98.0 cm³/mol. The van der Waals surface area contributed by atoms with Crippen LogP contribution in [0.2, 0.25) is 0 Å². The van der Waals surface area contributed by atoms with Crippen molar-refractivity contribution < 1.29 is 23.1 Å². The number of aryl methyl sites for hydroxylation is 2. The number of imide groups is 1. The maximum Gasteiger partial charge on any atom is 0.387 e. The van der Waals surface area contributed by atoms with Crippen LogP contribution in [0.15, 0.2) is 42.5 Å². The first-order valence-corrected chi connectivity index (χ1v) is 9.17. The normalized spacial score (nSPS) is 21.2. The highest BCUT2D eigenvalue weighted by Crippen LogP contribution is 2.33. The van der Waals surface area contributed by atoms with Crippen LogP contribution in [0.3, 0.4) is 0 Å². The number of alkyl halides is 2. The van der Waals surface area contributed by atoms with E-state index in [4.69, 9.17) is 0 Å². The number of nitrogens with one attached hydrogen (secondary N) is 1. The number of carbonyl (C=O) groups is 2. The van der Waals surface area contributed by atoms with E-state index in [1.165, 1.54) is 23.3 Å². The van der Waals surface area contributed by atoms with Gasteiger partial charge < -0.3 is 10.1 Å². The van der Waals surface area contributed by atoms with Gasteiger partial charge in [-0.05, 0) is 60.6 Å². The van der Waals surface area contributed by atoms with Gasteiger partial charge in [0.1, 0.15) is 11.3 Å². The molecule has 0 bridgehead atoms. The lowest BCUT2D eigenvalue weighted by Crippen LogP contribution is -2.40. The maximum absolute atomic E-state index is 13.1. The Morgan fingerprint density at radius 3 is 2.54 bits per heavy atom. The van der Waals surface area contributed by atoms with E-state index in [-0.39, 0.29) is 18.2 Å². The van der Waals surface area contributed by atoms with Gasteiger partial charge in [-0.15, -0.1) is 0 Å². The number of hydrogen-bond donors (Lipinski definition) is 1. The molecule has 28 heavy (non-hydrogen) atoms. The molecule has 0 aromatic heterocycles. The van der Waals surface area contributed by atoms with E-state index in [2.05, 4.69) is 10.1 Å². The molecule has 1 aliphatic carbocycles. The number of ether oxygens (including phenoxy) is 1. The summed E-state index contributed by atoms with van der Waals surface area (Å²) in [5, 5.41) is 2.81. The number of nitrogens with zero attached hydrogens (tertiary/aromatic N) is 1. The zero-order valence-corrected chi connectivity index (χ0v) is 15.4. The molecule has 1 atom stereocenters. The van der Waals surface area contributed by atoms with E-state index in [1.807, 2.05) is 18.2 Å². The summed E-state index contributed by atoms with van der Waals surface area (Å²) in [7, 11) is 0. The molecule has 1 aliphatic heterocycles. The van der Waals surface area contributed by atoms with Crippen LogP contribution in [-0.4, -0.2) is 23.4 Å². The molecule has 1 N–H and O–H groups in total. The number of amides is 3. The smallest absolute Gasteiger partial charge is 0.387 e. The highest BCUT2D eigenvalue weighted by Gasteiger charge is 2.49. The largest absolute Gasteiger partial charge is 0.435 e. The van der Waals surface area contributed by atoms with Crippen LogP contribution in [0.25, 0.3) is 0 Å². The number of urea groups is 1. The second-order valence-electron chi connectivity index (χ2n) is 7.31. The second-order valence-corrected chi connectivity index (χ2v) is 7.31. The quantitative estimate of drug-likeness (QED) is 0.797. The minimum Gasteiger partial charge on any atom is -0.435 e. The van der Waals surface area contributed by atoms with Crippen molar-refractivity contribution in [1.82, 2.24) is 10.2 Å². The van der Waals surface area contributed by atoms with Crippen molar-refractivity contribution in [3.05, 3.63) is 64.7 Å². The zero-order chi connectivity index (χ0) is 19.9. The Hall–Kier alpha value is -2.96. The fraction of sp³-hybridized carbons (Fsp3) is 0.333. The minimum atomic E-state index is -2.90. The fourth-order valence-corrected chi connectivity index (χ4v) is 3.88. The molecule has 0 spiro atoms. The minimum absolute atomic E-state index is 0.0268. The third kappa shape index (κ3) is 3.21. The van der Waals surface area contributed by atoms with Gasteiger partial charge in [0.05, 0.1) is 6.54 Å². The van der Waals surface area contributed by atoms with Crippen molar-refractivity contribution in [1.29, 1.82) is 0 Å². The number of carbonyl (C=O) groups excluding carboxylic acids is 2. The number of benzene rings is 2. The van der Waals surface area contributed by atoms with Crippen LogP contribution in [-0.2, 0) is 29.7 Å². The lowest BCUT2D eigenvalue weighted by molar-refractivity contribution is -0.131. The summed E-state index contributed by atoms with van der Waals surface area (Å²) in [6, 6.07) is 11.4. The monoisotopic (exact) mass is 386 g/mol. The third-order valence-electron chi connectivity index (χ3n) is 5.44. The van der Waals surface area contributed by atoms with Crippen LogP contribution in [0.1, 0.15) is 35.6 Å². The first-order chi connectivity index (χ1) is 13.4. The number of rotatable bonds is 5. The molecule has 1 saturated heterocycles. The van der Waals surface area contributed by atoms with Crippen molar-refractivity contribution in [2.45, 2.75) is 44.9 Å². The molecule has 7 heteroatoms. The first-order valence-electron chi connectivity index (χ1n) is 9.17. The highest BCUT2D eigenvalue weighted by molar-refractivity contribution is 6.07. The Bertz CT molecular complexity index is 930. The van der Waals surface area contributed by atoms with Crippen LogP contribution >= 0.6 is 0 Å². The van der Waals surface area contributed by atoms with Crippen LogP contribution in [0.4, 0.5) is 13.6 Å². The molecule has 1 fully saturated rings. The van der Waals surface area contributed by atoms with Crippen LogP contribution < -0.4 is 10.1 Å². The average molecular weight is 386 g/mol. The fourth-order valence-electron chi connectivity index (χ4n) is 3.88. The molecule has 0 saturated carbocycles. The Labute approximate surface area is 161 Å². The van der Waals surface area contributed by atoms with E-state index < -0.39 is 18.2 Å². The van der Waals surface area contributed by atoms with Crippen molar-refractivity contribution in [2.75, 3.05) is 0 Å². The van der Waals surface area contributed by atoms with Gasteiger partial charge in [0.2, 0.25) is 0 Å². The Balaban J connectivity index is 1.54. The van der Waals surface area contributed by atoms with Gasteiger partial charge in [0.25, 0.3) is 5.91 Å². The summed E-state index contributed by atoms with van der Waals surface area (Å²) in [6.45, 7) is -1.13. The van der Waals surface area contributed by atoms with Gasteiger partial charge >= 0.3 is 12.6 Å². The van der Waals surface area contributed by atoms with Crippen molar-refractivity contribution in [2.24, 2.45) is 0 Å². The summed E-state index contributed by atoms with van der Waals surface area (Å²) < 4.78 is 28.8. The molecule has 2 aromatic carbocycles. The first kappa shape index (κ1) is 18.4. The van der Waals surface area contributed by atoms with Gasteiger partial charge in [-0.2, -0.15) is 8.78 Å². The molecule has 0 radical (unpaired) electrons. The average Bonchev–Trinajstić information content (AvgIpc) is 3.21. The SMILES string of the molecule is CC1(c2ccc3c(c2)CCC3)NC(=O)N(Cc2ccc(OC(F)F)cc2)C1=O. The van der Waals surface area contributed by atoms with Gasteiger partial charge in [0.15, 0.2) is 0 Å². The van der Waals surface area contributed by atoms with E-state index in [0.29, 0.717) is 5.56 Å². The molecule has 5 nitrogen and oxygen atoms in total. The molecule has 1 unspecified atom stereocenters. The Morgan fingerprint density at radius 2 is 1.82 bits per heavy atom. The van der Waals surface area contributed by atoms with Gasteiger partial charge in [-0.3, -0.25) is 9.69 Å². The molecule has 3 amide bonds. The predicted octanol–water partition coefficient (Wildman–Crippen LogP) is 3.74. The van der Waals surface area contributed by atoms with Crippen molar-refractivity contribution in [3.8, 4) is 5.75 Å². The summed E-state index contributed by atoms with van der Waals surface area (Å²) in [5.74, 6) is -0.303. The molecule has 4 rings (SSSR count). The van der Waals surface area contributed by atoms with Crippen LogP contribution in [0, 0.1) is 0 Å². The van der Waals surface area contributed by atoms with Crippen molar-refractivity contribution in [3.63, 3.8) is 0 Å². The number of hydrogen-bond acceptors (Lipinski definition) is 3. The number of halogens is 2. The lowest BCUT2D eigenvalue weighted by atomic mass is 9.89. The van der Waals surface area contributed by atoms with Crippen LogP contribution in [0.5, 0.6) is 5.75 Å². The third-order valence-corrected chi connectivity index (χ3v) is 5.44. The topological polar surface area (TPSA) is 58.6 Å². The van der Waals surface area contributed by atoms with Gasteiger partial charge in [-0.25, -0.2) is 4.79 Å². The Morgan fingerprint density at radius 1 is 1.11 bits per heavy atom. The Kier molecular flexibility index (Phi) is 4.53. The summed E-state index contributed by atoms with van der Waals surface area (Å²) in [5.41, 5.74) is 2.83. The van der Waals surface area contributed by atoms with E-state index in [0.717, 1.165) is 29.7 Å². The van der Waals surface area contributed by atoms with E-state index in [9.17, 15) is 18.4 Å². The molecule has 2 aliphatic rings. The van der Waals surface area contributed by atoms with Gasteiger partial charge in [0, 0.05) is 0 Å². The molecule has 1 heterocycles. The summed E-state index contributed by atoms with van der Waals surface area (Å²) >= 11 is 0. The molecule has 146 valence electrons. The van der Waals surface area contributed by atoms with E-state index in [1.54, 1.807) is 19.1 Å². The van der Waals surface area contributed by atoms with Gasteiger partial charge in [-0.1, -0.05) is 30.3 Å². The standard InChI is InChI=1S/C21H20F2N2O3/c1-21(16-8-7-14-3-2-4-15(14)11-16)18(26)25(20(27)24-21)12-13-5-9-17(10-6-13)28-19(22)23/h5-11,19H,2-4,12H2,1H3,(H,24,27).